The van der Waals surface area contributed by atoms with Crippen LogP contribution in [0.25, 0.3) is 39.5 Å². The smallest absolute Gasteiger partial charge is 0.306 e. The molecule has 1 aliphatic rings. The maximum atomic E-state index is 13.0. The number of hydrogen-bond acceptors (Lipinski definition) is 7. The van der Waals surface area contributed by atoms with Crippen LogP contribution in [-0.2, 0) is 9.59 Å². The van der Waals surface area contributed by atoms with E-state index < -0.39 is 5.97 Å². The lowest BCUT2D eigenvalue weighted by Crippen LogP contribution is -2.29. The summed E-state index contributed by atoms with van der Waals surface area (Å²) < 4.78 is 1.95. The highest BCUT2D eigenvalue weighted by Crippen LogP contribution is 2.34. The van der Waals surface area contributed by atoms with Gasteiger partial charge in [0, 0.05) is 23.9 Å². The number of imidazole rings is 1. The van der Waals surface area contributed by atoms with Crippen LogP contribution < -0.4 is 11.1 Å². The second kappa shape index (κ2) is 10.8. The first kappa shape index (κ1) is 26.1. The van der Waals surface area contributed by atoms with Crippen LogP contribution >= 0.6 is 0 Å². The van der Waals surface area contributed by atoms with Crippen molar-refractivity contribution in [2.75, 3.05) is 11.1 Å². The van der Waals surface area contributed by atoms with Crippen LogP contribution in [0, 0.1) is 18.8 Å². The van der Waals surface area contributed by atoms with Gasteiger partial charge in [0.15, 0.2) is 5.82 Å². The number of carbonyl (C=O) groups is 2. The first-order valence-electron chi connectivity index (χ1n) is 13.6. The average molecular weight is 548 g/mol. The molecule has 206 valence electrons. The predicted molar refractivity (Wildman–Crippen MR) is 156 cm³/mol. The van der Waals surface area contributed by atoms with Crippen LogP contribution in [0.3, 0.4) is 0 Å². The Hall–Kier alpha value is -5.12. The molecule has 0 saturated heterocycles. The van der Waals surface area contributed by atoms with Crippen LogP contribution in [0.5, 0.6) is 0 Å². The molecule has 0 aliphatic heterocycles. The van der Waals surface area contributed by atoms with Crippen LogP contribution in [0.15, 0.2) is 73.1 Å². The Kier molecular flexibility index (Phi) is 6.88. The number of anilines is 2. The second-order valence-corrected chi connectivity index (χ2v) is 10.3. The molecule has 10 heteroatoms. The first-order chi connectivity index (χ1) is 19.9. The maximum Gasteiger partial charge on any atom is 0.306 e. The summed E-state index contributed by atoms with van der Waals surface area (Å²) in [4.78, 5) is 42.8. The third kappa shape index (κ3) is 5.11. The molecule has 6 rings (SSSR count). The standard InChI is InChI=1S/C31H29N7O3/c1-18-23(37-30(39)19-7-9-20(10-8-19)31(40)41)13-14-27(35-18)38-26-17-21(24-6-2-3-15-33-24)11-12-25(26)36-29(38)22-5-4-16-34-28(22)32/h2-6,11-17,19-20H,7-10H2,1H3,(H2,32,34)(H,37,39)(H,40,41). The zero-order valence-electron chi connectivity index (χ0n) is 22.5. The number of fused-ring (bicyclic) bond motifs is 1. The van der Waals surface area contributed by atoms with Gasteiger partial charge < -0.3 is 16.2 Å². The first-order valence-corrected chi connectivity index (χ1v) is 13.6. The van der Waals surface area contributed by atoms with E-state index in [0.717, 1.165) is 22.3 Å². The molecule has 4 heterocycles. The minimum atomic E-state index is -0.786. The van der Waals surface area contributed by atoms with Crippen molar-refractivity contribution in [2.24, 2.45) is 11.8 Å². The summed E-state index contributed by atoms with van der Waals surface area (Å²) in [5.41, 5.74) is 11.6. The number of rotatable bonds is 6. The quantitative estimate of drug-likeness (QED) is 0.260. The van der Waals surface area contributed by atoms with Gasteiger partial charge >= 0.3 is 5.97 Å². The van der Waals surface area contributed by atoms with Gasteiger partial charge in [0.1, 0.15) is 11.6 Å². The van der Waals surface area contributed by atoms with Crippen molar-refractivity contribution in [2.45, 2.75) is 32.6 Å². The summed E-state index contributed by atoms with van der Waals surface area (Å²) in [5, 5.41) is 12.3. The predicted octanol–water partition coefficient (Wildman–Crippen LogP) is 5.26. The third-order valence-electron chi connectivity index (χ3n) is 7.70. The minimum Gasteiger partial charge on any atom is -0.481 e. The normalized spacial score (nSPS) is 16.9. The van der Waals surface area contributed by atoms with E-state index in [9.17, 15) is 14.7 Å². The number of nitrogens with zero attached hydrogens (tertiary/aromatic N) is 5. The second-order valence-electron chi connectivity index (χ2n) is 10.3. The van der Waals surface area contributed by atoms with Crippen molar-refractivity contribution in [1.29, 1.82) is 0 Å². The van der Waals surface area contributed by atoms with Gasteiger partial charge in [-0.15, -0.1) is 0 Å². The van der Waals surface area contributed by atoms with E-state index in [1.165, 1.54) is 0 Å². The molecule has 1 fully saturated rings. The zero-order valence-corrected chi connectivity index (χ0v) is 22.5. The topological polar surface area (TPSA) is 149 Å². The molecule has 1 amide bonds. The van der Waals surface area contributed by atoms with Gasteiger partial charge in [-0.2, -0.15) is 0 Å². The number of nitrogens with one attached hydrogen (secondary N) is 1. The fourth-order valence-electron chi connectivity index (χ4n) is 5.43. The summed E-state index contributed by atoms with van der Waals surface area (Å²) in [6.07, 6.45) is 5.54. The number of carboxylic acids is 1. The number of carboxylic acid groups (broad SMARTS) is 1. The Balaban J connectivity index is 1.38. The highest BCUT2D eigenvalue weighted by Gasteiger charge is 2.30. The zero-order chi connectivity index (χ0) is 28.5. The van der Waals surface area contributed by atoms with Crippen LogP contribution in [0.1, 0.15) is 31.4 Å². The molecule has 1 aromatic carbocycles. The van der Waals surface area contributed by atoms with Crippen molar-refractivity contribution >= 4 is 34.4 Å². The molecule has 0 unspecified atom stereocenters. The monoisotopic (exact) mass is 547 g/mol. The van der Waals surface area contributed by atoms with E-state index in [-0.39, 0.29) is 17.7 Å². The minimum absolute atomic E-state index is 0.108. The number of aliphatic carboxylic acids is 1. The molecule has 0 bridgehead atoms. The van der Waals surface area contributed by atoms with E-state index in [1.807, 2.05) is 72.2 Å². The van der Waals surface area contributed by atoms with E-state index in [1.54, 1.807) is 12.4 Å². The molecule has 4 N–H and O–H groups in total. The van der Waals surface area contributed by atoms with Crippen molar-refractivity contribution in [1.82, 2.24) is 24.5 Å². The molecule has 0 spiro atoms. The Morgan fingerprint density at radius 3 is 2.41 bits per heavy atom. The van der Waals surface area contributed by atoms with E-state index >= 15 is 0 Å². The molecule has 1 aliphatic carbocycles. The summed E-state index contributed by atoms with van der Waals surface area (Å²) in [5.74, 6) is 0.0890. The van der Waals surface area contributed by atoms with Gasteiger partial charge in [-0.05, 0) is 81.1 Å². The van der Waals surface area contributed by atoms with Gasteiger partial charge in [0.25, 0.3) is 0 Å². The number of nitrogens with two attached hydrogens (primary N) is 1. The molecule has 4 aromatic heterocycles. The maximum absolute atomic E-state index is 13.0. The highest BCUT2D eigenvalue weighted by atomic mass is 16.4. The number of aryl methyl sites for hydroxylation is 1. The van der Waals surface area contributed by atoms with E-state index in [2.05, 4.69) is 15.3 Å². The van der Waals surface area contributed by atoms with Crippen molar-refractivity contribution in [3.63, 3.8) is 0 Å². The molecular formula is C31H29N7O3. The number of nitrogen functional groups attached to an aromatic ring is 1. The molecule has 0 atom stereocenters. The molecule has 41 heavy (non-hydrogen) atoms. The fourth-order valence-corrected chi connectivity index (χ4v) is 5.43. The lowest BCUT2D eigenvalue weighted by molar-refractivity contribution is -0.143. The van der Waals surface area contributed by atoms with Crippen LogP contribution in [-0.4, -0.2) is 41.5 Å². The summed E-state index contributed by atoms with van der Waals surface area (Å²) >= 11 is 0. The van der Waals surface area contributed by atoms with Gasteiger partial charge in [-0.3, -0.25) is 19.1 Å². The Bertz CT molecular complexity index is 1760. The molecule has 10 nitrogen and oxygen atoms in total. The van der Waals surface area contributed by atoms with E-state index in [4.69, 9.17) is 15.7 Å². The summed E-state index contributed by atoms with van der Waals surface area (Å²) in [6, 6.07) is 19.1. The van der Waals surface area contributed by atoms with Gasteiger partial charge in [-0.25, -0.2) is 15.0 Å². The van der Waals surface area contributed by atoms with Crippen LogP contribution in [0.2, 0.25) is 0 Å². The number of aromatic nitrogens is 5. The number of benzene rings is 1. The Labute approximate surface area is 236 Å². The highest BCUT2D eigenvalue weighted by molar-refractivity contribution is 5.93. The molecule has 5 aromatic rings. The number of amides is 1. The largest absolute Gasteiger partial charge is 0.481 e. The molecular weight excluding hydrogens is 518 g/mol. The third-order valence-corrected chi connectivity index (χ3v) is 7.70. The lowest BCUT2D eigenvalue weighted by atomic mass is 9.81. The fraction of sp³-hybridized carbons (Fsp3) is 0.226. The molecule has 1 saturated carbocycles. The SMILES string of the molecule is Cc1nc(-n2c(-c3cccnc3N)nc3ccc(-c4ccccn4)cc32)ccc1NC(=O)C1CCC(C(=O)O)CC1. The van der Waals surface area contributed by atoms with Gasteiger partial charge in [-0.1, -0.05) is 12.1 Å². The van der Waals surface area contributed by atoms with E-state index in [0.29, 0.717) is 60.1 Å². The molecule has 0 radical (unpaired) electrons. The Morgan fingerprint density at radius 2 is 1.71 bits per heavy atom. The van der Waals surface area contributed by atoms with Crippen molar-refractivity contribution in [3.8, 4) is 28.5 Å². The summed E-state index contributed by atoms with van der Waals surface area (Å²) in [7, 11) is 0. The summed E-state index contributed by atoms with van der Waals surface area (Å²) in [6.45, 7) is 1.84. The van der Waals surface area contributed by atoms with Crippen LogP contribution in [0.4, 0.5) is 11.5 Å². The van der Waals surface area contributed by atoms with Gasteiger partial charge in [0.05, 0.1) is 39.6 Å². The number of carbonyl (C=O) groups excluding carboxylic acids is 1. The van der Waals surface area contributed by atoms with Crippen molar-refractivity contribution in [3.05, 3.63) is 78.8 Å². The Morgan fingerprint density at radius 1 is 0.927 bits per heavy atom. The average Bonchev–Trinajstić information content (AvgIpc) is 3.37. The number of hydrogen-bond donors (Lipinski definition) is 3. The lowest BCUT2D eigenvalue weighted by Gasteiger charge is -2.25. The van der Waals surface area contributed by atoms with Crippen molar-refractivity contribution < 1.29 is 14.7 Å². The van der Waals surface area contributed by atoms with Gasteiger partial charge in [0.2, 0.25) is 5.91 Å². The number of pyridine rings is 3.